The standard InChI is InChI=1S/C68H43NS/c1-2-18-46(19-3-1)67(59-27-10-4-21-51(59)52-22-5-11-28-60(52)67)47-34-36-48(37-35-47)69(49-20-16-17-44(41-49)45-33-40-66-58(42-45)57-26-9-15-32-65(57)70-66)50-38-39-56-55-25-8-14-31-63(55)68(64(56)43-50)61-29-12-6-23-53(61)54-24-7-13-30-62(54)68/h1-43H. The lowest BCUT2D eigenvalue weighted by molar-refractivity contribution is 0.768. The summed E-state index contributed by atoms with van der Waals surface area (Å²) in [5, 5.41) is 2.62. The fraction of sp³-hybridized carbons (Fsp3) is 0.0294. The molecule has 0 saturated carbocycles. The molecule has 326 valence electrons. The second kappa shape index (κ2) is 15.0. The number of nitrogens with zero attached hydrogens (tertiary/aromatic N) is 1. The van der Waals surface area contributed by atoms with E-state index in [0.717, 1.165) is 17.1 Å². The van der Waals surface area contributed by atoms with E-state index in [1.54, 1.807) is 0 Å². The molecule has 0 aliphatic heterocycles. The maximum atomic E-state index is 2.51. The Bertz CT molecular complexity index is 3970. The Morgan fingerprint density at radius 2 is 0.714 bits per heavy atom. The normalized spacial score (nSPS) is 13.9. The van der Waals surface area contributed by atoms with Crippen molar-refractivity contribution in [1.82, 2.24) is 0 Å². The van der Waals surface area contributed by atoms with E-state index in [0.29, 0.717) is 0 Å². The van der Waals surface area contributed by atoms with Gasteiger partial charge < -0.3 is 4.90 Å². The second-order valence-electron chi connectivity index (χ2n) is 19.1. The van der Waals surface area contributed by atoms with Gasteiger partial charge in [0.2, 0.25) is 0 Å². The maximum absolute atomic E-state index is 2.51. The number of hydrogen-bond acceptors (Lipinski definition) is 2. The van der Waals surface area contributed by atoms with Crippen molar-refractivity contribution < 1.29 is 0 Å². The van der Waals surface area contributed by atoms with Gasteiger partial charge in [0.15, 0.2) is 0 Å². The predicted octanol–water partition coefficient (Wildman–Crippen LogP) is 17.9. The first-order valence-corrected chi connectivity index (χ1v) is 25.1. The first-order valence-electron chi connectivity index (χ1n) is 24.3. The van der Waals surface area contributed by atoms with Gasteiger partial charge >= 0.3 is 0 Å². The van der Waals surface area contributed by atoms with Crippen molar-refractivity contribution in [3.05, 3.63) is 305 Å². The van der Waals surface area contributed by atoms with Gasteiger partial charge in [-0.25, -0.2) is 0 Å². The average Bonchev–Trinajstić information content (AvgIpc) is 4.14. The van der Waals surface area contributed by atoms with Crippen LogP contribution in [0, 0.1) is 0 Å². The van der Waals surface area contributed by atoms with Crippen LogP contribution in [0.15, 0.2) is 261 Å². The zero-order chi connectivity index (χ0) is 46.0. The van der Waals surface area contributed by atoms with Gasteiger partial charge in [0.05, 0.1) is 10.8 Å². The molecule has 0 amide bonds. The van der Waals surface area contributed by atoms with Crippen LogP contribution in [0.25, 0.3) is 64.7 Å². The molecule has 0 fully saturated rings. The molecule has 0 bridgehead atoms. The van der Waals surface area contributed by atoms with Gasteiger partial charge in [-0.2, -0.15) is 0 Å². The highest BCUT2D eigenvalue weighted by molar-refractivity contribution is 7.25. The third-order valence-corrected chi connectivity index (χ3v) is 16.9. The molecule has 3 aliphatic carbocycles. The van der Waals surface area contributed by atoms with E-state index in [9.17, 15) is 0 Å². The highest BCUT2D eigenvalue weighted by atomic mass is 32.1. The van der Waals surface area contributed by atoms with Gasteiger partial charge in [0.1, 0.15) is 0 Å². The molecule has 0 atom stereocenters. The van der Waals surface area contributed by atoms with E-state index in [1.807, 2.05) is 11.3 Å². The van der Waals surface area contributed by atoms with E-state index < -0.39 is 10.8 Å². The highest BCUT2D eigenvalue weighted by Crippen LogP contribution is 2.63. The van der Waals surface area contributed by atoms with Gasteiger partial charge in [-0.15, -0.1) is 11.3 Å². The quantitative estimate of drug-likeness (QED) is 0.161. The van der Waals surface area contributed by atoms with Crippen molar-refractivity contribution in [3.63, 3.8) is 0 Å². The van der Waals surface area contributed by atoms with Crippen LogP contribution in [0.1, 0.15) is 44.5 Å². The molecular formula is C68H43NS. The van der Waals surface area contributed by atoms with Crippen molar-refractivity contribution in [3.8, 4) is 44.5 Å². The van der Waals surface area contributed by atoms with Crippen LogP contribution in [-0.4, -0.2) is 0 Å². The van der Waals surface area contributed by atoms with E-state index in [-0.39, 0.29) is 0 Å². The zero-order valence-electron chi connectivity index (χ0n) is 38.2. The third kappa shape index (κ3) is 5.31. The second-order valence-corrected chi connectivity index (χ2v) is 20.1. The summed E-state index contributed by atoms with van der Waals surface area (Å²) in [5.74, 6) is 0. The van der Waals surface area contributed by atoms with Gasteiger partial charge in [-0.3, -0.25) is 0 Å². The summed E-state index contributed by atoms with van der Waals surface area (Å²) < 4.78 is 2.63. The molecule has 1 spiro atoms. The Morgan fingerprint density at radius 1 is 0.257 bits per heavy atom. The fourth-order valence-corrected chi connectivity index (χ4v) is 14.1. The Morgan fingerprint density at radius 3 is 1.33 bits per heavy atom. The number of rotatable bonds is 6. The Hall–Kier alpha value is -8.56. The lowest BCUT2D eigenvalue weighted by atomic mass is 9.67. The Balaban J connectivity index is 0.953. The molecule has 2 heteroatoms. The van der Waals surface area contributed by atoms with Crippen molar-refractivity contribution >= 4 is 48.6 Å². The number of anilines is 3. The molecule has 3 aliphatic rings. The molecule has 1 aromatic heterocycles. The van der Waals surface area contributed by atoms with Crippen molar-refractivity contribution in [1.29, 1.82) is 0 Å². The molecule has 0 unspecified atom stereocenters. The zero-order valence-corrected chi connectivity index (χ0v) is 39.0. The molecule has 1 heterocycles. The maximum Gasteiger partial charge on any atom is 0.0726 e. The van der Waals surface area contributed by atoms with E-state index in [4.69, 9.17) is 0 Å². The van der Waals surface area contributed by atoms with Gasteiger partial charge in [-0.1, -0.05) is 206 Å². The van der Waals surface area contributed by atoms with Crippen LogP contribution in [0.3, 0.4) is 0 Å². The molecule has 1 nitrogen and oxygen atoms in total. The predicted molar refractivity (Wildman–Crippen MR) is 293 cm³/mol. The first-order chi connectivity index (χ1) is 34.7. The van der Waals surface area contributed by atoms with E-state index in [2.05, 4.69) is 266 Å². The SMILES string of the molecule is c1ccc(C2(c3ccc(N(c4cccc(-c5ccc6sc7ccccc7c6c5)c4)c4ccc5c(c4)C4(c6ccccc6-c6ccccc64)c4ccccc4-5)cc3)c3ccccc3-c3ccccc32)cc1. The van der Waals surface area contributed by atoms with Gasteiger partial charge in [-0.05, 0) is 144 Å². The number of thiophene rings is 1. The first kappa shape index (κ1) is 39.4. The molecular weight excluding hydrogens is 863 g/mol. The molecule has 0 radical (unpaired) electrons. The summed E-state index contributed by atoms with van der Waals surface area (Å²) in [4.78, 5) is 2.49. The number of fused-ring (bicyclic) bond motifs is 16. The van der Waals surface area contributed by atoms with E-state index in [1.165, 1.54) is 109 Å². The largest absolute Gasteiger partial charge is 0.310 e. The minimum absolute atomic E-state index is 0.462. The minimum atomic E-state index is -0.489. The fourth-order valence-electron chi connectivity index (χ4n) is 13.0. The van der Waals surface area contributed by atoms with Crippen molar-refractivity contribution in [2.75, 3.05) is 4.90 Å². The van der Waals surface area contributed by atoms with Crippen LogP contribution in [0.4, 0.5) is 17.1 Å². The van der Waals surface area contributed by atoms with Crippen LogP contribution < -0.4 is 4.90 Å². The summed E-state index contributed by atoms with van der Waals surface area (Å²) in [5.41, 5.74) is 23.0. The summed E-state index contributed by atoms with van der Waals surface area (Å²) >= 11 is 1.87. The Kier molecular flexibility index (Phi) is 8.43. The summed E-state index contributed by atoms with van der Waals surface area (Å²) in [6.07, 6.45) is 0. The number of benzene rings is 11. The summed E-state index contributed by atoms with van der Waals surface area (Å²) in [6.45, 7) is 0. The summed E-state index contributed by atoms with van der Waals surface area (Å²) in [7, 11) is 0. The molecule has 70 heavy (non-hydrogen) atoms. The van der Waals surface area contributed by atoms with Gasteiger partial charge in [0.25, 0.3) is 0 Å². The van der Waals surface area contributed by atoms with Crippen molar-refractivity contribution in [2.45, 2.75) is 10.8 Å². The molecule has 11 aromatic carbocycles. The molecule has 12 aromatic rings. The van der Waals surface area contributed by atoms with E-state index >= 15 is 0 Å². The number of hydrogen-bond donors (Lipinski definition) is 0. The van der Waals surface area contributed by atoms with Crippen molar-refractivity contribution in [2.24, 2.45) is 0 Å². The average molecular weight is 906 g/mol. The monoisotopic (exact) mass is 905 g/mol. The molecule has 0 saturated heterocycles. The lowest BCUT2D eigenvalue weighted by Gasteiger charge is -2.35. The summed E-state index contributed by atoms with van der Waals surface area (Å²) in [6, 6.07) is 98.0. The topological polar surface area (TPSA) is 3.24 Å². The minimum Gasteiger partial charge on any atom is -0.310 e. The van der Waals surface area contributed by atoms with Crippen LogP contribution >= 0.6 is 11.3 Å². The molecule has 15 rings (SSSR count). The highest BCUT2D eigenvalue weighted by Gasteiger charge is 2.52. The molecule has 0 N–H and O–H groups in total. The lowest BCUT2D eigenvalue weighted by Crippen LogP contribution is -2.28. The Labute approximate surface area is 411 Å². The third-order valence-electron chi connectivity index (χ3n) is 15.8. The van der Waals surface area contributed by atoms with Crippen LogP contribution in [0.5, 0.6) is 0 Å². The smallest absolute Gasteiger partial charge is 0.0726 e. The van der Waals surface area contributed by atoms with Crippen LogP contribution in [-0.2, 0) is 10.8 Å². The van der Waals surface area contributed by atoms with Gasteiger partial charge in [0, 0.05) is 37.2 Å². The van der Waals surface area contributed by atoms with Crippen LogP contribution in [0.2, 0.25) is 0 Å².